The zero-order valence-corrected chi connectivity index (χ0v) is 15.1. The maximum atomic E-state index is 12.2. The van der Waals surface area contributed by atoms with Gasteiger partial charge in [-0.3, -0.25) is 9.78 Å². The standard InChI is InChI=1S/C16H21N5O4S/c17-26(23,24)11-12-6-8-21(10-12)15(22)5-1-4-14-19-16(20-25-14)13-3-2-7-18-9-13/h2-3,7,9,12H,1,4-6,8,10-11H2,(H2,17,23,24). The van der Waals surface area contributed by atoms with Crippen LogP contribution in [0.5, 0.6) is 0 Å². The number of rotatable bonds is 7. The Morgan fingerprint density at radius 3 is 3.00 bits per heavy atom. The Morgan fingerprint density at radius 1 is 1.42 bits per heavy atom. The maximum Gasteiger partial charge on any atom is 0.226 e. The summed E-state index contributed by atoms with van der Waals surface area (Å²) in [5.74, 6) is 0.812. The van der Waals surface area contributed by atoms with E-state index in [-0.39, 0.29) is 17.6 Å². The molecule has 1 atom stereocenters. The summed E-state index contributed by atoms with van der Waals surface area (Å²) in [7, 11) is -3.50. The molecule has 26 heavy (non-hydrogen) atoms. The number of carbonyl (C=O) groups excluding carboxylic acids is 1. The molecular formula is C16H21N5O4S. The summed E-state index contributed by atoms with van der Waals surface area (Å²) >= 11 is 0. The maximum absolute atomic E-state index is 12.2. The summed E-state index contributed by atoms with van der Waals surface area (Å²) < 4.78 is 27.5. The molecule has 0 spiro atoms. The van der Waals surface area contributed by atoms with E-state index in [0.29, 0.717) is 50.5 Å². The third-order valence-corrected chi connectivity index (χ3v) is 5.21. The monoisotopic (exact) mass is 379 g/mol. The van der Waals surface area contributed by atoms with Crippen molar-refractivity contribution < 1.29 is 17.7 Å². The third-order valence-electron chi connectivity index (χ3n) is 4.28. The molecule has 2 N–H and O–H groups in total. The molecule has 140 valence electrons. The first kappa shape index (κ1) is 18.5. The van der Waals surface area contributed by atoms with E-state index in [1.807, 2.05) is 6.07 Å². The van der Waals surface area contributed by atoms with E-state index in [2.05, 4.69) is 15.1 Å². The van der Waals surface area contributed by atoms with Gasteiger partial charge in [-0.2, -0.15) is 4.98 Å². The molecule has 2 aromatic heterocycles. The number of primary sulfonamides is 1. The van der Waals surface area contributed by atoms with Gasteiger partial charge in [-0.25, -0.2) is 13.6 Å². The fourth-order valence-corrected chi connectivity index (χ4v) is 3.97. The number of hydrogen-bond acceptors (Lipinski definition) is 7. The van der Waals surface area contributed by atoms with E-state index in [9.17, 15) is 13.2 Å². The van der Waals surface area contributed by atoms with E-state index < -0.39 is 10.0 Å². The molecule has 0 saturated carbocycles. The lowest BCUT2D eigenvalue weighted by atomic mass is 10.2. The second kappa shape index (κ2) is 7.92. The molecule has 1 fully saturated rings. The van der Waals surface area contributed by atoms with Crippen LogP contribution in [0.1, 0.15) is 25.2 Å². The van der Waals surface area contributed by atoms with Crippen LogP contribution in [0.25, 0.3) is 11.4 Å². The third kappa shape index (κ3) is 5.09. The van der Waals surface area contributed by atoms with Crippen LogP contribution in [0.15, 0.2) is 29.0 Å². The van der Waals surface area contributed by atoms with Crippen LogP contribution in [-0.2, 0) is 21.2 Å². The zero-order chi connectivity index (χ0) is 18.6. The van der Waals surface area contributed by atoms with Gasteiger partial charge in [0.1, 0.15) is 0 Å². The van der Waals surface area contributed by atoms with Crippen LogP contribution < -0.4 is 5.14 Å². The average Bonchev–Trinajstić information content (AvgIpc) is 3.24. The van der Waals surface area contributed by atoms with Crippen LogP contribution in [-0.4, -0.2) is 53.2 Å². The molecule has 3 rings (SSSR count). The SMILES string of the molecule is NS(=O)(=O)CC1CCN(C(=O)CCCc2nc(-c3cccnc3)no2)C1. The second-order valence-corrected chi connectivity index (χ2v) is 8.09. The van der Waals surface area contributed by atoms with Crippen LogP contribution >= 0.6 is 0 Å². The number of hydrogen-bond donors (Lipinski definition) is 1. The smallest absolute Gasteiger partial charge is 0.226 e. The van der Waals surface area contributed by atoms with Crippen LogP contribution in [0.3, 0.4) is 0 Å². The van der Waals surface area contributed by atoms with Crippen LogP contribution in [0.2, 0.25) is 0 Å². The van der Waals surface area contributed by atoms with Gasteiger partial charge in [0.05, 0.1) is 5.75 Å². The highest BCUT2D eigenvalue weighted by Gasteiger charge is 2.28. The molecule has 1 aliphatic heterocycles. The minimum absolute atomic E-state index is 0.00826. The molecule has 9 nitrogen and oxygen atoms in total. The van der Waals surface area contributed by atoms with Gasteiger partial charge in [0.2, 0.25) is 27.6 Å². The van der Waals surface area contributed by atoms with Gasteiger partial charge in [0.25, 0.3) is 0 Å². The van der Waals surface area contributed by atoms with Crippen molar-refractivity contribution in [1.29, 1.82) is 0 Å². The molecule has 0 radical (unpaired) electrons. The van der Waals surface area contributed by atoms with Gasteiger partial charge in [0.15, 0.2) is 0 Å². The summed E-state index contributed by atoms with van der Waals surface area (Å²) in [5, 5.41) is 8.98. The van der Waals surface area contributed by atoms with Crippen molar-refractivity contribution in [2.24, 2.45) is 11.1 Å². The lowest BCUT2D eigenvalue weighted by molar-refractivity contribution is -0.130. The minimum atomic E-state index is -3.50. The number of likely N-dealkylation sites (tertiary alicyclic amines) is 1. The number of nitrogens with two attached hydrogens (primary N) is 1. The topological polar surface area (TPSA) is 132 Å². The Hall–Kier alpha value is -2.33. The molecule has 1 amide bonds. The lowest BCUT2D eigenvalue weighted by Gasteiger charge is -2.16. The molecule has 0 aliphatic carbocycles. The van der Waals surface area contributed by atoms with Gasteiger partial charge in [-0.15, -0.1) is 0 Å². The predicted molar refractivity (Wildman–Crippen MR) is 93.1 cm³/mol. The Balaban J connectivity index is 1.44. The Bertz CT molecular complexity index is 853. The van der Waals surface area contributed by atoms with Crippen molar-refractivity contribution in [2.45, 2.75) is 25.7 Å². The Kier molecular flexibility index (Phi) is 5.62. The molecule has 10 heteroatoms. The Morgan fingerprint density at radius 2 is 2.27 bits per heavy atom. The van der Waals surface area contributed by atoms with E-state index in [1.165, 1.54) is 0 Å². The van der Waals surface area contributed by atoms with Crippen molar-refractivity contribution >= 4 is 15.9 Å². The van der Waals surface area contributed by atoms with Crippen LogP contribution in [0, 0.1) is 5.92 Å². The number of carbonyl (C=O) groups is 1. The van der Waals surface area contributed by atoms with Gasteiger partial charge >= 0.3 is 0 Å². The molecule has 1 saturated heterocycles. The summed E-state index contributed by atoms with van der Waals surface area (Å²) in [6.07, 6.45) is 5.44. The quantitative estimate of drug-likeness (QED) is 0.744. The summed E-state index contributed by atoms with van der Waals surface area (Å²) in [6.45, 7) is 1.02. The number of aromatic nitrogens is 3. The summed E-state index contributed by atoms with van der Waals surface area (Å²) in [6, 6.07) is 3.64. The van der Waals surface area contributed by atoms with Crippen molar-refractivity contribution in [1.82, 2.24) is 20.0 Å². The van der Waals surface area contributed by atoms with Gasteiger partial charge in [-0.05, 0) is 30.9 Å². The average molecular weight is 379 g/mol. The van der Waals surface area contributed by atoms with E-state index in [1.54, 1.807) is 23.4 Å². The fourth-order valence-electron chi connectivity index (χ4n) is 3.04. The van der Waals surface area contributed by atoms with Crippen LogP contribution in [0.4, 0.5) is 0 Å². The molecule has 3 heterocycles. The lowest BCUT2D eigenvalue weighted by Crippen LogP contribution is -2.30. The van der Waals surface area contributed by atoms with Gasteiger partial charge < -0.3 is 9.42 Å². The second-order valence-electron chi connectivity index (χ2n) is 6.43. The molecule has 0 bridgehead atoms. The fraction of sp³-hybridized carbons (Fsp3) is 0.500. The largest absolute Gasteiger partial charge is 0.342 e. The van der Waals surface area contributed by atoms with Crippen molar-refractivity contribution in [3.8, 4) is 11.4 Å². The first-order valence-electron chi connectivity index (χ1n) is 8.42. The van der Waals surface area contributed by atoms with Gasteiger partial charge in [0, 0.05) is 43.9 Å². The highest BCUT2D eigenvalue weighted by molar-refractivity contribution is 7.89. The van der Waals surface area contributed by atoms with E-state index in [4.69, 9.17) is 9.66 Å². The summed E-state index contributed by atoms with van der Waals surface area (Å²) in [5.41, 5.74) is 0.775. The molecular weight excluding hydrogens is 358 g/mol. The molecule has 2 aromatic rings. The van der Waals surface area contributed by atoms with Crippen molar-refractivity contribution in [3.63, 3.8) is 0 Å². The van der Waals surface area contributed by atoms with E-state index >= 15 is 0 Å². The number of aryl methyl sites for hydroxylation is 1. The Labute approximate surface area is 151 Å². The van der Waals surface area contributed by atoms with E-state index in [0.717, 1.165) is 5.56 Å². The first-order chi connectivity index (χ1) is 12.4. The summed E-state index contributed by atoms with van der Waals surface area (Å²) in [4.78, 5) is 22.3. The molecule has 1 unspecified atom stereocenters. The molecule has 1 aliphatic rings. The minimum Gasteiger partial charge on any atom is -0.342 e. The highest BCUT2D eigenvalue weighted by atomic mass is 32.2. The highest BCUT2D eigenvalue weighted by Crippen LogP contribution is 2.19. The van der Waals surface area contributed by atoms with Crippen molar-refractivity contribution in [2.75, 3.05) is 18.8 Å². The number of amides is 1. The number of pyridine rings is 1. The molecule has 0 aromatic carbocycles. The first-order valence-corrected chi connectivity index (χ1v) is 10.1. The zero-order valence-electron chi connectivity index (χ0n) is 14.2. The predicted octanol–water partition coefficient (Wildman–Crippen LogP) is 0.591. The normalized spacial score (nSPS) is 17.6. The number of nitrogens with zero attached hydrogens (tertiary/aromatic N) is 4. The van der Waals surface area contributed by atoms with Gasteiger partial charge in [-0.1, -0.05) is 5.16 Å². The number of sulfonamides is 1. The van der Waals surface area contributed by atoms with Crippen molar-refractivity contribution in [3.05, 3.63) is 30.4 Å².